The maximum Gasteiger partial charge on any atom is 0.387 e. The topological polar surface area (TPSA) is 21.3 Å². The van der Waals surface area contributed by atoms with Crippen molar-refractivity contribution in [2.24, 2.45) is 5.92 Å². The molecule has 1 atom stereocenters. The van der Waals surface area contributed by atoms with E-state index in [1.807, 2.05) is 0 Å². The van der Waals surface area contributed by atoms with Crippen LogP contribution >= 0.6 is 27.5 Å². The average Bonchev–Trinajstić information content (AvgIpc) is 2.29. The second-order valence-corrected chi connectivity index (χ2v) is 5.33. The van der Waals surface area contributed by atoms with Crippen LogP contribution in [0.3, 0.4) is 0 Å². The highest BCUT2D eigenvalue weighted by Gasteiger charge is 2.15. The van der Waals surface area contributed by atoms with Crippen molar-refractivity contribution in [3.05, 3.63) is 21.6 Å². The Kier molecular flexibility index (Phi) is 6.15. The first-order chi connectivity index (χ1) is 8.43. The largest absolute Gasteiger partial charge is 0.431 e. The van der Waals surface area contributed by atoms with Gasteiger partial charge in [0.2, 0.25) is 0 Å². The molecule has 6 heteroatoms. The van der Waals surface area contributed by atoms with Crippen LogP contribution in [0.5, 0.6) is 5.75 Å². The summed E-state index contributed by atoms with van der Waals surface area (Å²) in [4.78, 5) is 0. The minimum atomic E-state index is -2.87. The highest BCUT2D eigenvalue weighted by atomic mass is 79.9. The highest BCUT2D eigenvalue weighted by Crippen LogP contribution is 2.37. The molecule has 0 aliphatic heterocycles. The molecular weight excluding hydrogens is 327 g/mol. The molecule has 1 rings (SSSR count). The molecule has 1 aromatic carbocycles. The number of hydrogen-bond acceptors (Lipinski definition) is 2. The Morgan fingerprint density at radius 2 is 2.11 bits per heavy atom. The number of anilines is 1. The van der Waals surface area contributed by atoms with Crippen molar-refractivity contribution in [1.82, 2.24) is 0 Å². The number of halogens is 4. The van der Waals surface area contributed by atoms with Crippen LogP contribution in [0, 0.1) is 5.92 Å². The zero-order valence-corrected chi connectivity index (χ0v) is 12.5. The lowest BCUT2D eigenvalue weighted by Crippen LogP contribution is -2.12. The third kappa shape index (κ3) is 4.61. The molecule has 0 saturated carbocycles. The Labute approximate surface area is 119 Å². The zero-order valence-electron chi connectivity index (χ0n) is 10.1. The Balaban J connectivity index is 2.92. The summed E-state index contributed by atoms with van der Waals surface area (Å²) in [6, 6.07) is 3.10. The van der Waals surface area contributed by atoms with E-state index in [1.54, 1.807) is 6.07 Å². The van der Waals surface area contributed by atoms with E-state index in [9.17, 15) is 8.78 Å². The predicted octanol–water partition coefficient (Wildman–Crippen LogP) is 5.16. The Bertz CT molecular complexity index is 404. The Hall–Kier alpha value is -0.550. The van der Waals surface area contributed by atoms with Crippen molar-refractivity contribution in [3.8, 4) is 5.75 Å². The monoisotopic (exact) mass is 341 g/mol. The lowest BCUT2D eigenvalue weighted by atomic mass is 10.1. The van der Waals surface area contributed by atoms with Crippen LogP contribution < -0.4 is 10.1 Å². The molecule has 1 unspecified atom stereocenters. The molecule has 0 amide bonds. The molecule has 0 fully saturated rings. The molecule has 0 heterocycles. The molecule has 0 radical (unpaired) electrons. The molecule has 0 bridgehead atoms. The fourth-order valence-corrected chi connectivity index (χ4v) is 2.23. The molecule has 0 spiro atoms. The molecule has 2 nitrogen and oxygen atoms in total. The summed E-state index contributed by atoms with van der Waals surface area (Å²) >= 11 is 9.06. The molecule has 1 N–H and O–H groups in total. The lowest BCUT2D eigenvalue weighted by molar-refractivity contribution is -0.0498. The van der Waals surface area contributed by atoms with Crippen molar-refractivity contribution >= 4 is 33.2 Å². The van der Waals surface area contributed by atoms with E-state index < -0.39 is 6.61 Å². The van der Waals surface area contributed by atoms with E-state index in [4.69, 9.17) is 11.6 Å². The van der Waals surface area contributed by atoms with Gasteiger partial charge in [0, 0.05) is 11.6 Å². The number of hydrogen-bond donors (Lipinski definition) is 1. The van der Waals surface area contributed by atoms with Gasteiger partial charge in [0.05, 0.1) is 10.2 Å². The Morgan fingerprint density at radius 1 is 1.44 bits per heavy atom. The van der Waals surface area contributed by atoms with Gasteiger partial charge in [-0.15, -0.1) is 0 Å². The van der Waals surface area contributed by atoms with E-state index in [1.165, 1.54) is 6.07 Å². The molecular formula is C12H15BrClF2NO. The summed E-state index contributed by atoms with van der Waals surface area (Å²) in [5, 5.41) is 3.53. The van der Waals surface area contributed by atoms with Gasteiger partial charge in [-0.2, -0.15) is 8.78 Å². The van der Waals surface area contributed by atoms with Crippen molar-refractivity contribution in [2.75, 3.05) is 11.9 Å². The van der Waals surface area contributed by atoms with Crippen molar-refractivity contribution in [1.29, 1.82) is 0 Å². The third-order valence-corrected chi connectivity index (χ3v) is 3.36. The van der Waals surface area contributed by atoms with Crippen molar-refractivity contribution < 1.29 is 13.5 Å². The number of ether oxygens (including phenoxy) is 1. The van der Waals surface area contributed by atoms with Crippen molar-refractivity contribution in [3.63, 3.8) is 0 Å². The summed E-state index contributed by atoms with van der Waals surface area (Å²) in [5.41, 5.74) is 0.468. The van der Waals surface area contributed by atoms with Gasteiger partial charge in [0.1, 0.15) is 0 Å². The smallest absolute Gasteiger partial charge is 0.387 e. The molecule has 0 aromatic heterocycles. The van der Waals surface area contributed by atoms with Gasteiger partial charge < -0.3 is 10.1 Å². The first-order valence-electron chi connectivity index (χ1n) is 5.61. The molecule has 0 aliphatic rings. The summed E-state index contributed by atoms with van der Waals surface area (Å²) in [5.74, 6) is 0.514. The average molecular weight is 343 g/mol. The van der Waals surface area contributed by atoms with Crippen LogP contribution in [0.15, 0.2) is 16.6 Å². The van der Waals surface area contributed by atoms with E-state index in [0.29, 0.717) is 27.6 Å². The summed E-state index contributed by atoms with van der Waals surface area (Å²) in [6.45, 7) is 1.94. The third-order valence-electron chi connectivity index (χ3n) is 2.55. The first-order valence-corrected chi connectivity index (χ1v) is 6.78. The number of nitrogens with one attached hydrogen (secondary N) is 1. The molecule has 0 aliphatic carbocycles. The zero-order chi connectivity index (χ0) is 13.7. The van der Waals surface area contributed by atoms with E-state index in [-0.39, 0.29) is 5.75 Å². The summed E-state index contributed by atoms with van der Waals surface area (Å²) < 4.78 is 29.6. The maximum absolute atomic E-state index is 12.3. The Morgan fingerprint density at radius 3 is 2.67 bits per heavy atom. The van der Waals surface area contributed by atoms with Gasteiger partial charge in [-0.25, -0.2) is 0 Å². The maximum atomic E-state index is 12.3. The minimum Gasteiger partial charge on any atom is -0.431 e. The standard InChI is InChI=1S/C12H15BrClF2NO/c1-3-7(2)6-17-10-5-8(14)4-9(13)11(10)18-12(15)16/h4-5,7,12,17H,3,6H2,1-2H3. The second-order valence-electron chi connectivity index (χ2n) is 4.04. The van der Waals surface area contributed by atoms with Crippen LogP contribution in [0.25, 0.3) is 0 Å². The predicted molar refractivity (Wildman–Crippen MR) is 73.7 cm³/mol. The van der Waals surface area contributed by atoms with Gasteiger partial charge in [-0.1, -0.05) is 31.9 Å². The number of benzene rings is 1. The lowest BCUT2D eigenvalue weighted by Gasteiger charge is -2.17. The van der Waals surface area contributed by atoms with Crippen LogP contribution in [0.1, 0.15) is 20.3 Å². The normalized spacial score (nSPS) is 12.6. The van der Waals surface area contributed by atoms with Gasteiger partial charge in [0.15, 0.2) is 5.75 Å². The van der Waals surface area contributed by atoms with Crippen LogP contribution in [0.4, 0.5) is 14.5 Å². The summed E-state index contributed by atoms with van der Waals surface area (Å²) in [6.07, 6.45) is 1.000. The van der Waals surface area contributed by atoms with Gasteiger partial charge in [-0.05, 0) is 34.0 Å². The second kappa shape index (κ2) is 7.14. The van der Waals surface area contributed by atoms with E-state index in [2.05, 4.69) is 39.8 Å². The molecule has 102 valence electrons. The van der Waals surface area contributed by atoms with Crippen LogP contribution in [-0.4, -0.2) is 13.2 Å². The number of rotatable bonds is 6. The van der Waals surface area contributed by atoms with Gasteiger partial charge in [0.25, 0.3) is 0 Å². The highest BCUT2D eigenvalue weighted by molar-refractivity contribution is 9.10. The van der Waals surface area contributed by atoms with E-state index >= 15 is 0 Å². The van der Waals surface area contributed by atoms with Gasteiger partial charge >= 0.3 is 6.61 Å². The fraction of sp³-hybridized carbons (Fsp3) is 0.500. The SMILES string of the molecule is CCC(C)CNc1cc(Cl)cc(Br)c1OC(F)F. The number of alkyl halides is 2. The van der Waals surface area contributed by atoms with E-state index in [0.717, 1.165) is 6.42 Å². The molecule has 0 saturated heterocycles. The molecule has 1 aromatic rings. The minimum absolute atomic E-state index is 0.0812. The van der Waals surface area contributed by atoms with Gasteiger partial charge in [-0.3, -0.25) is 0 Å². The van der Waals surface area contributed by atoms with Crippen LogP contribution in [0.2, 0.25) is 5.02 Å². The summed E-state index contributed by atoms with van der Waals surface area (Å²) in [7, 11) is 0. The van der Waals surface area contributed by atoms with Crippen molar-refractivity contribution in [2.45, 2.75) is 26.9 Å². The molecule has 18 heavy (non-hydrogen) atoms. The quantitative estimate of drug-likeness (QED) is 0.771. The van der Waals surface area contributed by atoms with Crippen LogP contribution in [-0.2, 0) is 0 Å². The fourth-order valence-electron chi connectivity index (χ4n) is 1.33. The first kappa shape index (κ1) is 15.5.